The Hall–Kier alpha value is -1.95. The zero-order chi connectivity index (χ0) is 14.7. The smallest absolute Gasteiger partial charge is 0.267 e. The second-order valence-electron chi connectivity index (χ2n) is 5.22. The molecule has 6 nitrogen and oxygen atoms in total. The van der Waals surface area contributed by atoms with Crippen LogP contribution in [-0.2, 0) is 0 Å². The van der Waals surface area contributed by atoms with Gasteiger partial charge in [-0.1, -0.05) is 6.92 Å². The van der Waals surface area contributed by atoms with Crippen LogP contribution in [0.1, 0.15) is 40.6 Å². The molecule has 1 fully saturated rings. The van der Waals surface area contributed by atoms with E-state index in [1.807, 2.05) is 4.90 Å². The fraction of sp³-hybridized carbons (Fsp3) is 0.500. The van der Waals surface area contributed by atoms with Crippen LogP contribution < -0.4 is 11.5 Å². The van der Waals surface area contributed by atoms with Crippen LogP contribution in [0.5, 0.6) is 0 Å². The van der Waals surface area contributed by atoms with E-state index in [0.717, 1.165) is 12.8 Å². The number of piperidine rings is 1. The van der Waals surface area contributed by atoms with Crippen LogP contribution in [0.15, 0.2) is 18.3 Å². The summed E-state index contributed by atoms with van der Waals surface area (Å²) in [7, 11) is 0. The highest BCUT2D eigenvalue weighted by Crippen LogP contribution is 2.24. The predicted molar refractivity (Wildman–Crippen MR) is 75.0 cm³/mol. The molecule has 1 aliphatic rings. The summed E-state index contributed by atoms with van der Waals surface area (Å²) in [4.78, 5) is 29.2. The number of primary amides is 1. The summed E-state index contributed by atoms with van der Waals surface area (Å²) >= 11 is 0. The lowest BCUT2D eigenvalue weighted by molar-refractivity contribution is 0.0532. The van der Waals surface area contributed by atoms with E-state index >= 15 is 0 Å². The van der Waals surface area contributed by atoms with Gasteiger partial charge in [0.2, 0.25) is 0 Å². The van der Waals surface area contributed by atoms with E-state index in [-0.39, 0.29) is 17.6 Å². The first-order valence-electron chi connectivity index (χ1n) is 6.81. The van der Waals surface area contributed by atoms with Gasteiger partial charge in [0.25, 0.3) is 11.8 Å². The number of nitrogens with two attached hydrogens (primary N) is 2. The van der Waals surface area contributed by atoms with Gasteiger partial charge in [0, 0.05) is 25.3 Å². The number of nitrogens with zero attached hydrogens (tertiary/aromatic N) is 2. The molecule has 0 spiro atoms. The summed E-state index contributed by atoms with van der Waals surface area (Å²) in [5.41, 5.74) is 11.5. The molecule has 1 aliphatic heterocycles. The van der Waals surface area contributed by atoms with Gasteiger partial charge >= 0.3 is 0 Å². The molecule has 20 heavy (non-hydrogen) atoms. The van der Waals surface area contributed by atoms with Crippen molar-refractivity contribution in [3.05, 3.63) is 29.6 Å². The minimum Gasteiger partial charge on any atom is -0.364 e. The number of carbonyl (C=O) groups is 2. The molecule has 0 radical (unpaired) electrons. The largest absolute Gasteiger partial charge is 0.364 e. The Kier molecular flexibility index (Phi) is 4.34. The van der Waals surface area contributed by atoms with Crippen molar-refractivity contribution in [2.24, 2.45) is 17.4 Å². The Balaban J connectivity index is 2.19. The van der Waals surface area contributed by atoms with E-state index in [4.69, 9.17) is 11.5 Å². The van der Waals surface area contributed by atoms with Crippen molar-refractivity contribution in [3.8, 4) is 0 Å². The van der Waals surface area contributed by atoms with E-state index in [9.17, 15) is 9.59 Å². The second kappa shape index (κ2) is 6.00. The normalized spacial score (nSPS) is 22.6. The van der Waals surface area contributed by atoms with Gasteiger partial charge < -0.3 is 16.4 Å². The molecule has 2 amide bonds. The molecular weight excluding hydrogens is 256 g/mol. The Labute approximate surface area is 118 Å². The summed E-state index contributed by atoms with van der Waals surface area (Å²) in [6.07, 6.45) is 3.47. The average molecular weight is 276 g/mol. The number of carbonyl (C=O) groups excluding carboxylic acids is 2. The lowest BCUT2D eigenvalue weighted by Gasteiger charge is -2.39. The van der Waals surface area contributed by atoms with Crippen molar-refractivity contribution in [1.82, 2.24) is 9.88 Å². The summed E-state index contributed by atoms with van der Waals surface area (Å²) < 4.78 is 0. The van der Waals surface area contributed by atoms with Gasteiger partial charge in [0.05, 0.1) is 5.56 Å². The Bertz CT molecular complexity index is 500. The lowest BCUT2D eigenvalue weighted by Crippen LogP contribution is -2.51. The van der Waals surface area contributed by atoms with Gasteiger partial charge in [-0.05, 0) is 30.9 Å². The number of hydrogen-bond donors (Lipinski definition) is 2. The standard InChI is InChI=1S/C14H20N4O2/c1-9-3-2-6-18(12(9)7-15)14(20)10-4-5-11(13(16)19)17-8-10/h4-5,8-9,12H,2-3,6-7,15H2,1H3,(H2,16,19)/t9-,12+/m1/s1. The molecule has 0 unspecified atom stereocenters. The van der Waals surface area contributed by atoms with Crippen molar-refractivity contribution in [2.75, 3.05) is 13.1 Å². The molecule has 4 N–H and O–H groups in total. The number of rotatable bonds is 3. The Morgan fingerprint density at radius 2 is 2.20 bits per heavy atom. The highest BCUT2D eigenvalue weighted by Gasteiger charge is 2.31. The van der Waals surface area contributed by atoms with Crippen LogP contribution in [0.3, 0.4) is 0 Å². The minimum atomic E-state index is -0.601. The fourth-order valence-electron chi connectivity index (χ4n) is 2.69. The molecule has 1 saturated heterocycles. The first-order chi connectivity index (χ1) is 9.54. The van der Waals surface area contributed by atoms with Gasteiger partial charge in [-0.25, -0.2) is 0 Å². The highest BCUT2D eigenvalue weighted by molar-refractivity contribution is 5.96. The van der Waals surface area contributed by atoms with Crippen LogP contribution in [-0.4, -0.2) is 40.8 Å². The Morgan fingerprint density at radius 1 is 1.45 bits per heavy atom. The maximum Gasteiger partial charge on any atom is 0.267 e. The van der Waals surface area contributed by atoms with Crippen molar-refractivity contribution >= 4 is 11.8 Å². The maximum absolute atomic E-state index is 12.5. The van der Waals surface area contributed by atoms with Gasteiger partial charge in [-0.3, -0.25) is 14.6 Å². The zero-order valence-corrected chi connectivity index (χ0v) is 11.6. The third kappa shape index (κ3) is 2.80. The van der Waals surface area contributed by atoms with Crippen LogP contribution >= 0.6 is 0 Å². The predicted octanol–water partition coefficient (Wildman–Crippen LogP) is 0.380. The molecular formula is C14H20N4O2. The Morgan fingerprint density at radius 3 is 2.75 bits per heavy atom. The molecule has 0 saturated carbocycles. The van der Waals surface area contributed by atoms with E-state index in [2.05, 4.69) is 11.9 Å². The number of amides is 2. The van der Waals surface area contributed by atoms with Gasteiger partial charge in [0.1, 0.15) is 5.69 Å². The number of pyridine rings is 1. The summed E-state index contributed by atoms with van der Waals surface area (Å²) in [6, 6.07) is 3.12. The van der Waals surface area contributed by atoms with E-state index in [1.54, 1.807) is 6.07 Å². The summed E-state index contributed by atoms with van der Waals surface area (Å²) in [6.45, 7) is 3.29. The molecule has 108 valence electrons. The maximum atomic E-state index is 12.5. The number of likely N-dealkylation sites (tertiary alicyclic amines) is 1. The average Bonchev–Trinajstić information content (AvgIpc) is 2.46. The van der Waals surface area contributed by atoms with Crippen molar-refractivity contribution in [3.63, 3.8) is 0 Å². The minimum absolute atomic E-state index is 0.0621. The molecule has 2 heterocycles. The molecule has 2 atom stereocenters. The monoisotopic (exact) mass is 276 g/mol. The molecule has 1 aromatic heterocycles. The van der Waals surface area contributed by atoms with Crippen LogP contribution in [0.2, 0.25) is 0 Å². The number of hydrogen-bond acceptors (Lipinski definition) is 4. The summed E-state index contributed by atoms with van der Waals surface area (Å²) in [5, 5.41) is 0. The van der Waals surface area contributed by atoms with Gasteiger partial charge in [-0.15, -0.1) is 0 Å². The van der Waals surface area contributed by atoms with Crippen molar-refractivity contribution < 1.29 is 9.59 Å². The quantitative estimate of drug-likeness (QED) is 0.833. The van der Waals surface area contributed by atoms with E-state index < -0.39 is 5.91 Å². The number of aromatic nitrogens is 1. The first-order valence-corrected chi connectivity index (χ1v) is 6.81. The molecule has 0 aromatic carbocycles. The van der Waals surface area contributed by atoms with E-state index in [1.165, 1.54) is 12.3 Å². The van der Waals surface area contributed by atoms with Crippen LogP contribution in [0, 0.1) is 5.92 Å². The molecule has 0 aliphatic carbocycles. The topological polar surface area (TPSA) is 102 Å². The lowest BCUT2D eigenvalue weighted by atomic mass is 9.90. The van der Waals surface area contributed by atoms with Gasteiger partial charge in [0.15, 0.2) is 0 Å². The van der Waals surface area contributed by atoms with Crippen molar-refractivity contribution in [1.29, 1.82) is 0 Å². The highest BCUT2D eigenvalue weighted by atomic mass is 16.2. The summed E-state index contributed by atoms with van der Waals surface area (Å²) in [5.74, 6) is -0.290. The second-order valence-corrected chi connectivity index (χ2v) is 5.22. The molecule has 6 heteroatoms. The van der Waals surface area contributed by atoms with Crippen molar-refractivity contribution in [2.45, 2.75) is 25.8 Å². The third-order valence-corrected chi connectivity index (χ3v) is 3.88. The molecule has 1 aromatic rings. The van der Waals surface area contributed by atoms with E-state index in [0.29, 0.717) is 24.6 Å². The van der Waals surface area contributed by atoms with Crippen LogP contribution in [0.25, 0.3) is 0 Å². The molecule has 2 rings (SSSR count). The fourth-order valence-corrected chi connectivity index (χ4v) is 2.69. The first kappa shape index (κ1) is 14.5. The third-order valence-electron chi connectivity index (χ3n) is 3.88. The molecule has 0 bridgehead atoms. The SMILES string of the molecule is C[C@@H]1CCCN(C(=O)c2ccc(C(N)=O)nc2)[C@H]1CN. The van der Waals surface area contributed by atoms with Gasteiger partial charge in [-0.2, -0.15) is 0 Å². The zero-order valence-electron chi connectivity index (χ0n) is 11.6. The van der Waals surface area contributed by atoms with Crippen LogP contribution in [0.4, 0.5) is 0 Å².